The lowest BCUT2D eigenvalue weighted by Gasteiger charge is -2.06. The van der Waals surface area contributed by atoms with Crippen molar-refractivity contribution in [3.05, 3.63) is 102 Å². The molecule has 0 saturated heterocycles. The molecule has 5 rings (SSSR count). The summed E-state index contributed by atoms with van der Waals surface area (Å²) >= 11 is 3.41. The van der Waals surface area contributed by atoms with Crippen molar-refractivity contribution in [1.29, 1.82) is 0 Å². The number of methoxy groups -OCH3 is 1. The number of aromatic amines is 1. The maximum atomic E-state index is 5.30. The van der Waals surface area contributed by atoms with Crippen LogP contribution in [0.2, 0.25) is 0 Å². The Balaban J connectivity index is 1.47. The van der Waals surface area contributed by atoms with Gasteiger partial charge in [-0.05, 0) is 47.0 Å². The van der Waals surface area contributed by atoms with Gasteiger partial charge in [0.1, 0.15) is 16.4 Å². The van der Waals surface area contributed by atoms with E-state index in [2.05, 4.69) is 71.7 Å². The van der Waals surface area contributed by atoms with Crippen LogP contribution in [0.3, 0.4) is 0 Å². The zero-order chi connectivity index (χ0) is 22.5. The lowest BCUT2D eigenvalue weighted by molar-refractivity contribution is 0.415. The molecule has 0 atom stereocenters. The predicted molar refractivity (Wildman–Crippen MR) is 138 cm³/mol. The Morgan fingerprint density at radius 2 is 1.39 bits per heavy atom. The Hall–Kier alpha value is -3.22. The van der Waals surface area contributed by atoms with Crippen LogP contribution in [0.4, 0.5) is 0 Å². The van der Waals surface area contributed by atoms with Crippen LogP contribution in [0, 0.1) is 0 Å². The Morgan fingerprint density at radius 1 is 0.758 bits per heavy atom. The molecule has 6 heteroatoms. The number of rotatable bonds is 8. The van der Waals surface area contributed by atoms with Gasteiger partial charge in [-0.25, -0.2) is 9.97 Å². The van der Waals surface area contributed by atoms with Crippen molar-refractivity contribution in [1.82, 2.24) is 15.0 Å². The van der Waals surface area contributed by atoms with E-state index in [0.717, 1.165) is 49.7 Å². The van der Waals surface area contributed by atoms with E-state index in [0.29, 0.717) is 0 Å². The molecule has 0 aliphatic rings. The van der Waals surface area contributed by atoms with Gasteiger partial charge < -0.3 is 9.72 Å². The summed E-state index contributed by atoms with van der Waals surface area (Å²) in [7, 11) is 1.68. The van der Waals surface area contributed by atoms with Crippen LogP contribution in [0.5, 0.6) is 5.75 Å². The molecular formula is C27H23N3OS2. The van der Waals surface area contributed by atoms with Crippen LogP contribution in [-0.2, 0) is 11.5 Å². The van der Waals surface area contributed by atoms with Crippen LogP contribution >= 0.6 is 23.5 Å². The number of hydrogen-bond acceptors (Lipinski definition) is 5. The van der Waals surface area contributed by atoms with Gasteiger partial charge in [-0.2, -0.15) is 0 Å². The summed E-state index contributed by atoms with van der Waals surface area (Å²) in [6, 6.07) is 31.1. The van der Waals surface area contributed by atoms with E-state index in [-0.39, 0.29) is 0 Å². The number of aromatic nitrogens is 3. The highest BCUT2D eigenvalue weighted by Crippen LogP contribution is 2.34. The third kappa shape index (κ3) is 5.24. The first-order valence-electron chi connectivity index (χ1n) is 10.7. The molecule has 33 heavy (non-hydrogen) atoms. The molecular weight excluding hydrogens is 446 g/mol. The number of hydrogen-bond donors (Lipinski definition) is 1. The van der Waals surface area contributed by atoms with Gasteiger partial charge in [0, 0.05) is 17.2 Å². The summed E-state index contributed by atoms with van der Waals surface area (Å²) in [5, 5.41) is 2.83. The van der Waals surface area contributed by atoms with Gasteiger partial charge in [-0.3, -0.25) is 0 Å². The van der Waals surface area contributed by atoms with Crippen molar-refractivity contribution >= 4 is 34.6 Å². The van der Waals surface area contributed by atoms with E-state index in [1.165, 1.54) is 11.1 Å². The highest BCUT2D eigenvalue weighted by atomic mass is 32.2. The molecule has 0 aliphatic heterocycles. The summed E-state index contributed by atoms with van der Waals surface area (Å²) < 4.78 is 5.30. The van der Waals surface area contributed by atoms with E-state index in [4.69, 9.17) is 14.7 Å². The number of fused-ring (bicyclic) bond motifs is 1. The third-order valence-corrected chi connectivity index (χ3v) is 7.24. The lowest BCUT2D eigenvalue weighted by Crippen LogP contribution is -1.93. The van der Waals surface area contributed by atoms with Gasteiger partial charge >= 0.3 is 0 Å². The van der Waals surface area contributed by atoms with Crippen LogP contribution < -0.4 is 4.74 Å². The molecule has 164 valence electrons. The molecule has 0 unspecified atom stereocenters. The fourth-order valence-corrected chi connectivity index (χ4v) is 5.33. The van der Waals surface area contributed by atoms with Crippen molar-refractivity contribution in [2.75, 3.05) is 7.11 Å². The van der Waals surface area contributed by atoms with Crippen LogP contribution in [-0.4, -0.2) is 22.1 Å². The van der Waals surface area contributed by atoms with Crippen molar-refractivity contribution in [3.63, 3.8) is 0 Å². The second kappa shape index (κ2) is 10.1. The molecule has 0 bridgehead atoms. The molecule has 0 spiro atoms. The minimum Gasteiger partial charge on any atom is -0.497 e. The maximum absolute atomic E-state index is 5.30. The average Bonchev–Trinajstić information content (AvgIpc) is 3.32. The maximum Gasteiger partial charge on any atom is 0.190 e. The van der Waals surface area contributed by atoms with Gasteiger partial charge in [-0.1, -0.05) is 72.4 Å². The van der Waals surface area contributed by atoms with E-state index in [1.54, 1.807) is 30.6 Å². The molecule has 5 aromatic rings. The smallest absolute Gasteiger partial charge is 0.190 e. The van der Waals surface area contributed by atoms with E-state index in [9.17, 15) is 0 Å². The first-order chi connectivity index (χ1) is 16.3. The number of ether oxygens (including phenoxy) is 1. The Morgan fingerprint density at radius 3 is 2.03 bits per heavy atom. The van der Waals surface area contributed by atoms with Gasteiger partial charge in [0.25, 0.3) is 0 Å². The number of H-pyrrole nitrogens is 1. The summed E-state index contributed by atoms with van der Waals surface area (Å²) in [5.74, 6) is 2.54. The summed E-state index contributed by atoms with van der Waals surface area (Å²) in [6.45, 7) is 0. The van der Waals surface area contributed by atoms with Gasteiger partial charge in [0.2, 0.25) is 0 Å². The quantitative estimate of drug-likeness (QED) is 0.148. The molecule has 0 amide bonds. The van der Waals surface area contributed by atoms with Crippen molar-refractivity contribution in [2.24, 2.45) is 0 Å². The van der Waals surface area contributed by atoms with Crippen LogP contribution in [0.1, 0.15) is 11.1 Å². The molecule has 1 N–H and O–H groups in total. The minimum atomic E-state index is 0.782. The zero-order valence-electron chi connectivity index (χ0n) is 18.2. The normalized spacial score (nSPS) is 11.1. The third-order valence-electron chi connectivity index (χ3n) is 5.26. The van der Waals surface area contributed by atoms with Gasteiger partial charge in [0.15, 0.2) is 5.16 Å². The van der Waals surface area contributed by atoms with Crippen molar-refractivity contribution in [3.8, 4) is 17.0 Å². The molecule has 0 aliphatic carbocycles. The molecule has 2 heterocycles. The number of benzene rings is 3. The van der Waals surface area contributed by atoms with E-state index in [1.807, 2.05) is 24.3 Å². The topological polar surface area (TPSA) is 50.8 Å². The molecule has 0 radical (unpaired) electrons. The molecule has 3 aromatic carbocycles. The fourth-order valence-electron chi connectivity index (χ4n) is 3.51. The van der Waals surface area contributed by atoms with Crippen LogP contribution in [0.15, 0.2) is 101 Å². The molecule has 2 aromatic heterocycles. The van der Waals surface area contributed by atoms with Gasteiger partial charge in [-0.15, -0.1) is 11.8 Å². The lowest BCUT2D eigenvalue weighted by atomic mass is 10.1. The Labute approximate surface area is 201 Å². The molecule has 0 fully saturated rings. The Kier molecular flexibility index (Phi) is 6.65. The zero-order valence-corrected chi connectivity index (χ0v) is 19.8. The molecule has 0 saturated carbocycles. The van der Waals surface area contributed by atoms with Crippen LogP contribution in [0.25, 0.3) is 22.3 Å². The summed E-state index contributed by atoms with van der Waals surface area (Å²) in [6.07, 6.45) is 0. The second-order valence-electron chi connectivity index (χ2n) is 7.53. The highest BCUT2D eigenvalue weighted by molar-refractivity contribution is 7.99. The largest absolute Gasteiger partial charge is 0.497 e. The summed E-state index contributed by atoms with van der Waals surface area (Å²) in [5.41, 5.74) is 5.51. The van der Waals surface area contributed by atoms with Gasteiger partial charge in [0.05, 0.1) is 12.5 Å². The standard InChI is InChI=1S/C27H23N3OS2/c1-31-22-14-12-21(13-15-22)24-16-23-25(28-24)29-27(33-18-20-10-6-3-7-11-20)30-26(23)32-17-19-8-4-2-5-9-19/h2-16H,17-18H2,1H3,(H,28,29,30). The first-order valence-corrected chi connectivity index (χ1v) is 12.6. The number of thioether (sulfide) groups is 2. The summed E-state index contributed by atoms with van der Waals surface area (Å²) in [4.78, 5) is 13.3. The number of nitrogens with zero attached hydrogens (tertiary/aromatic N) is 2. The average molecular weight is 470 g/mol. The van der Waals surface area contributed by atoms with E-state index >= 15 is 0 Å². The van der Waals surface area contributed by atoms with Crippen molar-refractivity contribution in [2.45, 2.75) is 21.7 Å². The first kappa shape index (κ1) is 21.6. The minimum absolute atomic E-state index is 0.782. The number of nitrogens with one attached hydrogen (secondary N) is 1. The predicted octanol–water partition coefficient (Wildman–Crippen LogP) is 7.22. The Bertz CT molecular complexity index is 1340. The van der Waals surface area contributed by atoms with Crippen molar-refractivity contribution < 1.29 is 4.74 Å². The highest BCUT2D eigenvalue weighted by Gasteiger charge is 2.14. The fraction of sp³-hybridized carbons (Fsp3) is 0.111. The monoisotopic (exact) mass is 469 g/mol. The second-order valence-corrected chi connectivity index (χ2v) is 9.44. The molecule has 4 nitrogen and oxygen atoms in total. The SMILES string of the molecule is COc1ccc(-c2cc3c(SCc4ccccc4)nc(SCc4ccccc4)nc3[nH]2)cc1. The van der Waals surface area contributed by atoms with E-state index < -0.39 is 0 Å².